The fourth-order valence-corrected chi connectivity index (χ4v) is 2.30. The normalized spacial score (nSPS) is 18.2. The lowest BCUT2D eigenvalue weighted by Crippen LogP contribution is -2.17. The largest absolute Gasteiger partial charge is 0.490 e. The van der Waals surface area contributed by atoms with E-state index in [1.54, 1.807) is 0 Å². The van der Waals surface area contributed by atoms with Crippen LogP contribution >= 0.6 is 0 Å². The summed E-state index contributed by atoms with van der Waals surface area (Å²) in [5.41, 5.74) is 0.912. The van der Waals surface area contributed by atoms with Gasteiger partial charge in [-0.1, -0.05) is 12.1 Å². The van der Waals surface area contributed by atoms with E-state index in [2.05, 4.69) is 5.32 Å². The summed E-state index contributed by atoms with van der Waals surface area (Å²) >= 11 is 0. The van der Waals surface area contributed by atoms with Crippen molar-refractivity contribution >= 4 is 0 Å². The van der Waals surface area contributed by atoms with E-state index < -0.39 is 6.10 Å². The Balaban J connectivity index is 2.00. The SMILES string of the molecule is CNCC(O)c1cccc(OC2CCCC2)c1. The van der Waals surface area contributed by atoms with E-state index >= 15 is 0 Å². The molecule has 1 aromatic carbocycles. The number of rotatable bonds is 5. The molecule has 0 spiro atoms. The van der Waals surface area contributed by atoms with Crippen molar-refractivity contribution in [3.63, 3.8) is 0 Å². The van der Waals surface area contributed by atoms with Crippen LogP contribution in [0.25, 0.3) is 0 Å². The number of benzene rings is 1. The predicted molar refractivity (Wildman–Crippen MR) is 68.2 cm³/mol. The number of ether oxygens (including phenoxy) is 1. The van der Waals surface area contributed by atoms with Gasteiger partial charge in [-0.25, -0.2) is 0 Å². The first-order valence-electron chi connectivity index (χ1n) is 6.39. The summed E-state index contributed by atoms with van der Waals surface area (Å²) in [6.07, 6.45) is 4.75. The monoisotopic (exact) mass is 235 g/mol. The van der Waals surface area contributed by atoms with Crippen molar-refractivity contribution in [1.29, 1.82) is 0 Å². The summed E-state index contributed by atoms with van der Waals surface area (Å²) in [6.45, 7) is 0.562. The number of likely N-dealkylation sites (N-methyl/N-ethyl adjacent to an activating group) is 1. The van der Waals surface area contributed by atoms with Crippen LogP contribution in [0.5, 0.6) is 5.75 Å². The fraction of sp³-hybridized carbons (Fsp3) is 0.571. The summed E-state index contributed by atoms with van der Waals surface area (Å²) in [5.74, 6) is 0.879. The van der Waals surface area contributed by atoms with E-state index in [9.17, 15) is 5.11 Å². The lowest BCUT2D eigenvalue weighted by molar-refractivity contribution is 0.175. The van der Waals surface area contributed by atoms with Crippen molar-refractivity contribution in [2.24, 2.45) is 0 Å². The van der Waals surface area contributed by atoms with E-state index in [0.29, 0.717) is 12.6 Å². The van der Waals surface area contributed by atoms with Crippen LogP contribution in [0.1, 0.15) is 37.4 Å². The van der Waals surface area contributed by atoms with Crippen molar-refractivity contribution in [2.75, 3.05) is 13.6 Å². The second-order valence-electron chi connectivity index (χ2n) is 4.67. The molecule has 1 unspecified atom stereocenters. The van der Waals surface area contributed by atoms with E-state index in [-0.39, 0.29) is 0 Å². The standard InChI is InChI=1S/C14H21NO2/c1-15-10-14(16)11-5-4-8-13(9-11)17-12-6-2-3-7-12/h4-5,8-9,12,14-16H,2-3,6-7,10H2,1H3. The van der Waals surface area contributed by atoms with Gasteiger partial charge < -0.3 is 15.2 Å². The molecule has 1 aliphatic rings. The zero-order valence-electron chi connectivity index (χ0n) is 10.4. The summed E-state index contributed by atoms with van der Waals surface area (Å²) in [4.78, 5) is 0. The van der Waals surface area contributed by atoms with Crippen molar-refractivity contribution < 1.29 is 9.84 Å². The topological polar surface area (TPSA) is 41.5 Å². The molecule has 0 radical (unpaired) electrons. The minimum Gasteiger partial charge on any atom is -0.490 e. The third-order valence-electron chi connectivity index (χ3n) is 3.25. The lowest BCUT2D eigenvalue weighted by Gasteiger charge is -2.15. The van der Waals surface area contributed by atoms with E-state index in [4.69, 9.17) is 4.74 Å². The molecule has 0 bridgehead atoms. The molecule has 1 aliphatic carbocycles. The highest BCUT2D eigenvalue weighted by molar-refractivity contribution is 5.30. The van der Waals surface area contributed by atoms with Gasteiger partial charge in [0.1, 0.15) is 5.75 Å². The Morgan fingerprint density at radius 3 is 2.88 bits per heavy atom. The number of hydrogen-bond acceptors (Lipinski definition) is 3. The Morgan fingerprint density at radius 1 is 1.41 bits per heavy atom. The smallest absolute Gasteiger partial charge is 0.120 e. The van der Waals surface area contributed by atoms with Crippen molar-refractivity contribution in [3.8, 4) is 5.75 Å². The molecule has 2 N–H and O–H groups in total. The molecular formula is C14H21NO2. The molecule has 2 rings (SSSR count). The van der Waals surface area contributed by atoms with Gasteiger partial charge in [-0.05, 0) is 50.4 Å². The lowest BCUT2D eigenvalue weighted by atomic mass is 10.1. The highest BCUT2D eigenvalue weighted by Crippen LogP contribution is 2.25. The van der Waals surface area contributed by atoms with E-state index in [0.717, 1.165) is 24.2 Å². The van der Waals surface area contributed by atoms with Gasteiger partial charge in [0.25, 0.3) is 0 Å². The van der Waals surface area contributed by atoms with Gasteiger partial charge in [-0.15, -0.1) is 0 Å². The maximum absolute atomic E-state index is 9.89. The third kappa shape index (κ3) is 3.45. The number of aliphatic hydroxyl groups excluding tert-OH is 1. The minimum atomic E-state index is -0.466. The molecule has 0 heterocycles. The van der Waals surface area contributed by atoms with Crippen LogP contribution in [0.15, 0.2) is 24.3 Å². The Hall–Kier alpha value is -1.06. The fourth-order valence-electron chi connectivity index (χ4n) is 2.30. The molecule has 0 aromatic heterocycles. The maximum Gasteiger partial charge on any atom is 0.120 e. The summed E-state index contributed by atoms with van der Waals surface area (Å²) < 4.78 is 5.91. The van der Waals surface area contributed by atoms with Gasteiger partial charge in [0.05, 0.1) is 12.2 Å². The molecule has 0 amide bonds. The Kier molecular flexibility index (Phi) is 4.40. The molecule has 0 aliphatic heterocycles. The van der Waals surface area contributed by atoms with Crippen LogP contribution in [0.4, 0.5) is 0 Å². The van der Waals surface area contributed by atoms with Gasteiger partial charge in [0.15, 0.2) is 0 Å². The number of aliphatic hydroxyl groups is 1. The average Bonchev–Trinajstić information content (AvgIpc) is 2.82. The molecule has 17 heavy (non-hydrogen) atoms. The highest BCUT2D eigenvalue weighted by atomic mass is 16.5. The summed E-state index contributed by atoms with van der Waals surface area (Å²) in [5, 5.41) is 12.9. The third-order valence-corrected chi connectivity index (χ3v) is 3.25. The first-order valence-corrected chi connectivity index (χ1v) is 6.39. The molecule has 3 heteroatoms. The van der Waals surface area contributed by atoms with Crippen molar-refractivity contribution in [3.05, 3.63) is 29.8 Å². The summed E-state index contributed by atoms with van der Waals surface area (Å²) in [6, 6.07) is 7.79. The molecule has 3 nitrogen and oxygen atoms in total. The molecule has 1 saturated carbocycles. The predicted octanol–water partition coefficient (Wildman–Crippen LogP) is 2.26. The van der Waals surface area contributed by atoms with Crippen molar-refractivity contribution in [1.82, 2.24) is 5.32 Å². The van der Waals surface area contributed by atoms with Gasteiger partial charge in [-0.3, -0.25) is 0 Å². The first-order chi connectivity index (χ1) is 8.29. The van der Waals surface area contributed by atoms with Gasteiger partial charge in [0.2, 0.25) is 0 Å². The Labute approximate surface area is 103 Å². The average molecular weight is 235 g/mol. The first kappa shape index (κ1) is 12.4. The van der Waals surface area contributed by atoms with Crippen LogP contribution in [0, 0.1) is 0 Å². The summed E-state index contributed by atoms with van der Waals surface area (Å²) in [7, 11) is 1.84. The molecule has 1 aromatic rings. The molecule has 0 saturated heterocycles. The zero-order chi connectivity index (χ0) is 12.1. The minimum absolute atomic E-state index is 0.367. The second-order valence-corrected chi connectivity index (χ2v) is 4.67. The Bertz CT molecular complexity index is 348. The molecule has 1 fully saturated rings. The molecule has 1 atom stereocenters. The molecule has 94 valence electrons. The van der Waals surface area contributed by atoms with Crippen molar-refractivity contribution in [2.45, 2.75) is 37.9 Å². The van der Waals surface area contributed by atoms with E-state index in [1.165, 1.54) is 12.8 Å². The maximum atomic E-state index is 9.89. The Morgan fingerprint density at radius 2 is 2.18 bits per heavy atom. The highest BCUT2D eigenvalue weighted by Gasteiger charge is 2.16. The van der Waals surface area contributed by atoms with Crippen LogP contribution in [-0.2, 0) is 0 Å². The van der Waals surface area contributed by atoms with Crippen LogP contribution in [-0.4, -0.2) is 24.8 Å². The van der Waals surface area contributed by atoms with Crippen LogP contribution in [0.2, 0.25) is 0 Å². The van der Waals surface area contributed by atoms with Gasteiger partial charge in [0, 0.05) is 6.54 Å². The van der Waals surface area contributed by atoms with Crippen LogP contribution in [0.3, 0.4) is 0 Å². The van der Waals surface area contributed by atoms with Gasteiger partial charge >= 0.3 is 0 Å². The van der Waals surface area contributed by atoms with Crippen LogP contribution < -0.4 is 10.1 Å². The number of hydrogen-bond donors (Lipinski definition) is 2. The van der Waals surface area contributed by atoms with E-state index in [1.807, 2.05) is 31.3 Å². The zero-order valence-corrected chi connectivity index (χ0v) is 10.4. The number of nitrogens with one attached hydrogen (secondary N) is 1. The molecular weight excluding hydrogens is 214 g/mol. The van der Waals surface area contributed by atoms with Gasteiger partial charge in [-0.2, -0.15) is 0 Å². The quantitative estimate of drug-likeness (QED) is 0.822. The second kappa shape index (κ2) is 6.03.